The molecular formula is C14H19N5S2. The fraction of sp³-hybridized carbons (Fsp3) is 0.643. The molecule has 1 aliphatic carbocycles. The third-order valence-corrected chi connectivity index (χ3v) is 5.76. The van der Waals surface area contributed by atoms with Gasteiger partial charge in [-0.3, -0.25) is 4.57 Å². The van der Waals surface area contributed by atoms with Gasteiger partial charge in [0.15, 0.2) is 5.16 Å². The summed E-state index contributed by atoms with van der Waals surface area (Å²) in [5.41, 5.74) is 1.15. The van der Waals surface area contributed by atoms with E-state index in [-0.39, 0.29) is 0 Å². The minimum Gasteiger partial charge on any atom is -0.341 e. The molecule has 0 bridgehead atoms. The second-order valence-corrected chi connectivity index (χ2v) is 7.73. The monoisotopic (exact) mass is 321 g/mol. The van der Waals surface area contributed by atoms with Gasteiger partial charge in [0.05, 0.1) is 10.7 Å². The highest BCUT2D eigenvalue weighted by Gasteiger charge is 2.32. The van der Waals surface area contributed by atoms with E-state index >= 15 is 0 Å². The Morgan fingerprint density at radius 3 is 2.76 bits per heavy atom. The Morgan fingerprint density at radius 2 is 2.10 bits per heavy atom. The number of aryl methyl sites for hydroxylation is 1. The largest absolute Gasteiger partial charge is 0.341 e. The first-order valence-corrected chi connectivity index (χ1v) is 9.41. The van der Waals surface area contributed by atoms with Gasteiger partial charge in [0.1, 0.15) is 0 Å². The summed E-state index contributed by atoms with van der Waals surface area (Å²) in [6.07, 6.45) is 5.08. The van der Waals surface area contributed by atoms with E-state index in [1.807, 2.05) is 0 Å². The first-order valence-electron chi connectivity index (χ1n) is 7.55. The zero-order chi connectivity index (χ0) is 14.2. The van der Waals surface area contributed by atoms with Crippen LogP contribution in [0.25, 0.3) is 0 Å². The van der Waals surface area contributed by atoms with Crippen molar-refractivity contribution in [3.63, 3.8) is 0 Å². The van der Waals surface area contributed by atoms with Gasteiger partial charge >= 0.3 is 0 Å². The summed E-state index contributed by atoms with van der Waals surface area (Å²) in [7, 11) is 0. The predicted molar refractivity (Wildman–Crippen MR) is 86.2 cm³/mol. The van der Waals surface area contributed by atoms with E-state index in [4.69, 9.17) is 0 Å². The summed E-state index contributed by atoms with van der Waals surface area (Å²) in [5.74, 6) is 1.97. The van der Waals surface area contributed by atoms with Crippen LogP contribution in [0.4, 0.5) is 5.95 Å². The van der Waals surface area contributed by atoms with Crippen LogP contribution in [0.2, 0.25) is 0 Å². The Hall–Kier alpha value is -1.08. The fourth-order valence-corrected chi connectivity index (χ4v) is 4.38. The molecule has 0 spiro atoms. The number of aromatic nitrogens is 4. The Balaban J connectivity index is 1.54. The van der Waals surface area contributed by atoms with Crippen LogP contribution in [-0.4, -0.2) is 32.8 Å². The van der Waals surface area contributed by atoms with Crippen molar-refractivity contribution in [1.29, 1.82) is 0 Å². The van der Waals surface area contributed by atoms with Crippen LogP contribution in [0.5, 0.6) is 0 Å². The Kier molecular flexibility index (Phi) is 3.62. The zero-order valence-electron chi connectivity index (χ0n) is 12.2. The number of anilines is 1. The van der Waals surface area contributed by atoms with Gasteiger partial charge in [0.25, 0.3) is 0 Å². The number of hydrogen-bond donors (Lipinski definition) is 0. The molecule has 1 saturated carbocycles. The second kappa shape index (κ2) is 5.61. The topological polar surface area (TPSA) is 46.8 Å². The number of hydrogen-bond acceptors (Lipinski definition) is 6. The van der Waals surface area contributed by atoms with Crippen molar-refractivity contribution in [2.24, 2.45) is 0 Å². The molecule has 2 aliphatic rings. The zero-order valence-corrected chi connectivity index (χ0v) is 13.8. The standard InChI is InChI=1S/C14H19N5S2/c1-10-15-11(8-20-10)9-21-14-17-16-13(18-6-2-3-7-18)19(14)12-4-5-12/h8,12H,2-7,9H2,1H3. The van der Waals surface area contributed by atoms with Gasteiger partial charge in [-0.15, -0.1) is 21.5 Å². The van der Waals surface area contributed by atoms with Crippen LogP contribution in [0, 0.1) is 6.92 Å². The summed E-state index contributed by atoms with van der Waals surface area (Å²) in [6.45, 7) is 4.30. The molecule has 112 valence electrons. The van der Waals surface area contributed by atoms with E-state index in [0.29, 0.717) is 6.04 Å². The average Bonchev–Trinajstić information content (AvgIpc) is 2.93. The van der Waals surface area contributed by atoms with Crippen molar-refractivity contribution < 1.29 is 0 Å². The number of thioether (sulfide) groups is 1. The first kappa shape index (κ1) is 13.6. The maximum Gasteiger partial charge on any atom is 0.228 e. The van der Waals surface area contributed by atoms with E-state index in [9.17, 15) is 0 Å². The first-order chi connectivity index (χ1) is 10.3. The van der Waals surface area contributed by atoms with E-state index in [1.165, 1.54) is 25.7 Å². The molecule has 2 aromatic heterocycles. The van der Waals surface area contributed by atoms with Crippen molar-refractivity contribution in [1.82, 2.24) is 19.7 Å². The molecule has 2 aromatic rings. The van der Waals surface area contributed by atoms with Crippen molar-refractivity contribution in [2.45, 2.75) is 49.6 Å². The summed E-state index contributed by atoms with van der Waals surface area (Å²) in [4.78, 5) is 6.92. The quantitative estimate of drug-likeness (QED) is 0.791. The van der Waals surface area contributed by atoms with Gasteiger partial charge in [-0.2, -0.15) is 0 Å². The Labute approximate surface area is 132 Å². The van der Waals surface area contributed by atoms with E-state index in [0.717, 1.165) is 40.6 Å². The van der Waals surface area contributed by atoms with Crippen LogP contribution in [0.1, 0.15) is 42.4 Å². The molecule has 3 heterocycles. The van der Waals surface area contributed by atoms with Crippen molar-refractivity contribution in [3.8, 4) is 0 Å². The molecule has 0 radical (unpaired) electrons. The molecule has 1 saturated heterocycles. The van der Waals surface area contributed by atoms with Gasteiger partial charge in [-0.1, -0.05) is 11.8 Å². The van der Waals surface area contributed by atoms with Crippen molar-refractivity contribution in [3.05, 3.63) is 16.1 Å². The third kappa shape index (κ3) is 2.81. The fourth-order valence-electron chi connectivity index (χ4n) is 2.77. The lowest BCUT2D eigenvalue weighted by Crippen LogP contribution is -2.22. The van der Waals surface area contributed by atoms with Crippen molar-refractivity contribution in [2.75, 3.05) is 18.0 Å². The molecule has 0 unspecified atom stereocenters. The van der Waals surface area contributed by atoms with Gasteiger partial charge in [0, 0.05) is 30.3 Å². The smallest absolute Gasteiger partial charge is 0.228 e. The molecule has 7 heteroatoms. The normalized spacial score (nSPS) is 18.6. The van der Waals surface area contributed by atoms with E-state index in [1.54, 1.807) is 23.1 Å². The van der Waals surface area contributed by atoms with E-state index < -0.39 is 0 Å². The molecule has 21 heavy (non-hydrogen) atoms. The maximum atomic E-state index is 4.53. The van der Waals surface area contributed by atoms with Gasteiger partial charge in [-0.05, 0) is 32.6 Å². The van der Waals surface area contributed by atoms with E-state index in [2.05, 4.69) is 37.0 Å². The molecule has 2 fully saturated rings. The predicted octanol–water partition coefficient (Wildman–Crippen LogP) is 3.27. The van der Waals surface area contributed by atoms with Crippen LogP contribution >= 0.6 is 23.1 Å². The summed E-state index contributed by atoms with van der Waals surface area (Å²) < 4.78 is 2.37. The Bertz CT molecular complexity index is 625. The SMILES string of the molecule is Cc1nc(CSc2nnc(N3CCCC3)n2C2CC2)cs1. The lowest BCUT2D eigenvalue weighted by Gasteiger charge is -2.17. The molecule has 4 rings (SSSR count). The summed E-state index contributed by atoms with van der Waals surface area (Å²) >= 11 is 3.48. The molecule has 0 amide bonds. The maximum absolute atomic E-state index is 4.53. The van der Waals surface area contributed by atoms with Crippen molar-refractivity contribution >= 4 is 29.0 Å². The van der Waals surface area contributed by atoms with Gasteiger partial charge in [-0.25, -0.2) is 4.98 Å². The highest BCUT2D eigenvalue weighted by Crippen LogP contribution is 2.41. The number of rotatable bonds is 5. The molecule has 0 atom stereocenters. The molecule has 0 N–H and O–H groups in total. The number of thiazole rings is 1. The molecule has 1 aliphatic heterocycles. The highest BCUT2D eigenvalue weighted by atomic mass is 32.2. The lowest BCUT2D eigenvalue weighted by molar-refractivity contribution is 0.651. The van der Waals surface area contributed by atoms with Crippen LogP contribution < -0.4 is 4.90 Å². The molecular weight excluding hydrogens is 302 g/mol. The number of nitrogens with zero attached hydrogens (tertiary/aromatic N) is 5. The van der Waals surface area contributed by atoms with Gasteiger partial charge in [0.2, 0.25) is 5.95 Å². The average molecular weight is 321 g/mol. The van der Waals surface area contributed by atoms with Crippen LogP contribution in [-0.2, 0) is 5.75 Å². The molecule has 0 aromatic carbocycles. The minimum absolute atomic E-state index is 0.621. The molecule has 5 nitrogen and oxygen atoms in total. The highest BCUT2D eigenvalue weighted by molar-refractivity contribution is 7.98. The summed E-state index contributed by atoms with van der Waals surface area (Å²) in [6, 6.07) is 0.621. The minimum atomic E-state index is 0.621. The lowest BCUT2D eigenvalue weighted by atomic mass is 10.4. The third-order valence-electron chi connectivity index (χ3n) is 3.96. The van der Waals surface area contributed by atoms with Crippen LogP contribution in [0.3, 0.4) is 0 Å². The second-order valence-electron chi connectivity index (χ2n) is 5.72. The van der Waals surface area contributed by atoms with Gasteiger partial charge < -0.3 is 4.90 Å². The summed E-state index contributed by atoms with van der Waals surface area (Å²) in [5, 5.41) is 13.3. The Morgan fingerprint density at radius 1 is 1.29 bits per heavy atom. The van der Waals surface area contributed by atoms with Crippen LogP contribution in [0.15, 0.2) is 10.5 Å².